The largest absolute Gasteiger partial charge is 0.399 e. The average molecular weight is 320 g/mol. The second-order valence-corrected chi connectivity index (χ2v) is 5.05. The van der Waals surface area contributed by atoms with Crippen molar-refractivity contribution in [3.8, 4) is 0 Å². The molecule has 0 bridgehead atoms. The van der Waals surface area contributed by atoms with Gasteiger partial charge in [0.1, 0.15) is 0 Å². The lowest BCUT2D eigenvalue weighted by atomic mass is 10.1. The zero-order valence-corrected chi connectivity index (χ0v) is 11.9. The van der Waals surface area contributed by atoms with Crippen molar-refractivity contribution in [2.75, 3.05) is 12.3 Å². The maximum Gasteiger partial charge on any atom is 0.251 e. The highest BCUT2D eigenvalue weighted by atomic mass is 79.9. The van der Waals surface area contributed by atoms with Crippen LogP contribution in [0.15, 0.2) is 47.2 Å². The number of anilines is 1. The van der Waals surface area contributed by atoms with E-state index in [2.05, 4.69) is 26.2 Å². The quantitative estimate of drug-likeness (QED) is 0.850. The Morgan fingerprint density at radius 3 is 2.68 bits per heavy atom. The molecule has 0 aliphatic rings. The van der Waals surface area contributed by atoms with Crippen LogP contribution in [0.2, 0.25) is 0 Å². The maximum atomic E-state index is 11.9. The van der Waals surface area contributed by atoms with E-state index >= 15 is 0 Å². The van der Waals surface area contributed by atoms with Gasteiger partial charge >= 0.3 is 0 Å². The zero-order chi connectivity index (χ0) is 13.7. The normalized spacial score (nSPS) is 10.2. The van der Waals surface area contributed by atoms with Gasteiger partial charge < -0.3 is 11.1 Å². The molecule has 1 aromatic heterocycles. The van der Waals surface area contributed by atoms with Crippen molar-refractivity contribution >= 4 is 27.5 Å². The van der Waals surface area contributed by atoms with Crippen LogP contribution in [0.1, 0.15) is 15.9 Å². The Morgan fingerprint density at radius 1 is 1.26 bits per heavy atom. The lowest BCUT2D eigenvalue weighted by Crippen LogP contribution is -2.25. The molecular weight excluding hydrogens is 306 g/mol. The molecule has 0 saturated carbocycles. The molecule has 19 heavy (non-hydrogen) atoms. The molecule has 2 aromatic rings. The van der Waals surface area contributed by atoms with Gasteiger partial charge in [0.15, 0.2) is 0 Å². The molecule has 1 amide bonds. The number of benzene rings is 1. The third kappa shape index (κ3) is 4.06. The van der Waals surface area contributed by atoms with Gasteiger partial charge in [-0.25, -0.2) is 0 Å². The number of nitrogen functional groups attached to an aromatic ring is 1. The summed E-state index contributed by atoms with van der Waals surface area (Å²) < 4.78 is 0.798. The van der Waals surface area contributed by atoms with Gasteiger partial charge in [0.2, 0.25) is 0 Å². The first-order valence-corrected chi connectivity index (χ1v) is 6.67. The smallest absolute Gasteiger partial charge is 0.251 e. The van der Waals surface area contributed by atoms with Gasteiger partial charge in [-0.15, -0.1) is 0 Å². The van der Waals surface area contributed by atoms with Crippen molar-refractivity contribution in [3.63, 3.8) is 0 Å². The van der Waals surface area contributed by atoms with Crippen molar-refractivity contribution in [2.24, 2.45) is 0 Å². The number of carbonyl (C=O) groups excluding carboxylic acids is 1. The number of hydrogen-bond donors (Lipinski definition) is 2. The van der Waals surface area contributed by atoms with E-state index in [9.17, 15) is 4.79 Å². The molecule has 98 valence electrons. The Kier molecular flexibility index (Phi) is 4.52. The highest BCUT2D eigenvalue weighted by Crippen LogP contribution is 2.17. The first-order chi connectivity index (χ1) is 9.15. The summed E-state index contributed by atoms with van der Waals surface area (Å²) in [5.41, 5.74) is 7.96. The Morgan fingerprint density at radius 2 is 2.00 bits per heavy atom. The van der Waals surface area contributed by atoms with E-state index in [0.717, 1.165) is 16.5 Å². The molecule has 0 spiro atoms. The topological polar surface area (TPSA) is 68.0 Å². The number of carbonyl (C=O) groups is 1. The van der Waals surface area contributed by atoms with Crippen LogP contribution in [0.25, 0.3) is 0 Å². The molecule has 0 radical (unpaired) electrons. The number of amides is 1. The summed E-state index contributed by atoms with van der Waals surface area (Å²) in [7, 11) is 0. The molecule has 0 aliphatic carbocycles. The third-order valence-corrected chi connectivity index (χ3v) is 3.09. The molecule has 0 unspecified atom stereocenters. The summed E-state index contributed by atoms with van der Waals surface area (Å²) in [4.78, 5) is 15.9. The van der Waals surface area contributed by atoms with Gasteiger partial charge in [-0.05, 0) is 42.3 Å². The van der Waals surface area contributed by atoms with Crippen LogP contribution < -0.4 is 11.1 Å². The van der Waals surface area contributed by atoms with E-state index in [0.29, 0.717) is 17.8 Å². The van der Waals surface area contributed by atoms with Gasteiger partial charge in [0.25, 0.3) is 5.91 Å². The van der Waals surface area contributed by atoms with Crippen LogP contribution in [0.5, 0.6) is 0 Å². The molecule has 0 fully saturated rings. The Balaban J connectivity index is 1.91. The number of pyridine rings is 1. The number of nitrogens with two attached hydrogens (primary N) is 1. The standard InChI is InChI=1S/C14H14BrN3O/c15-12-7-11(8-13(16)9-12)14(19)18-6-3-10-1-4-17-5-2-10/h1-2,4-5,7-9H,3,6,16H2,(H,18,19). The van der Waals surface area contributed by atoms with Crippen molar-refractivity contribution in [3.05, 3.63) is 58.3 Å². The third-order valence-electron chi connectivity index (χ3n) is 2.63. The lowest BCUT2D eigenvalue weighted by Gasteiger charge is -2.06. The monoisotopic (exact) mass is 319 g/mol. The summed E-state index contributed by atoms with van der Waals surface area (Å²) in [5, 5.41) is 2.87. The fraction of sp³-hybridized carbons (Fsp3) is 0.143. The van der Waals surface area contributed by atoms with Crippen LogP contribution in [-0.4, -0.2) is 17.4 Å². The van der Waals surface area contributed by atoms with E-state index < -0.39 is 0 Å². The summed E-state index contributed by atoms with van der Waals surface area (Å²) >= 11 is 3.32. The van der Waals surface area contributed by atoms with E-state index in [1.807, 2.05) is 12.1 Å². The number of hydrogen-bond acceptors (Lipinski definition) is 3. The minimum atomic E-state index is -0.123. The predicted octanol–water partition coefficient (Wildman–Crippen LogP) is 2.40. The van der Waals surface area contributed by atoms with Gasteiger partial charge in [-0.3, -0.25) is 9.78 Å². The SMILES string of the molecule is Nc1cc(Br)cc(C(=O)NCCc2ccncc2)c1. The van der Waals surface area contributed by atoms with Crippen molar-refractivity contribution in [1.82, 2.24) is 10.3 Å². The van der Waals surface area contributed by atoms with Crippen LogP contribution in [0, 0.1) is 0 Å². The average Bonchev–Trinajstić information content (AvgIpc) is 2.38. The van der Waals surface area contributed by atoms with Crippen LogP contribution in [-0.2, 0) is 6.42 Å². The molecule has 0 atom stereocenters. The molecule has 0 saturated heterocycles. The van der Waals surface area contributed by atoms with Crippen LogP contribution in [0.3, 0.4) is 0 Å². The van der Waals surface area contributed by atoms with Gasteiger partial charge in [0.05, 0.1) is 0 Å². The highest BCUT2D eigenvalue weighted by Gasteiger charge is 2.06. The molecule has 4 nitrogen and oxygen atoms in total. The Labute approximate surface area is 120 Å². The summed E-state index contributed by atoms with van der Waals surface area (Å²) in [5.74, 6) is -0.123. The number of nitrogens with one attached hydrogen (secondary N) is 1. The number of aromatic nitrogens is 1. The fourth-order valence-electron chi connectivity index (χ4n) is 1.72. The molecular formula is C14H14BrN3O. The second-order valence-electron chi connectivity index (χ2n) is 4.13. The minimum Gasteiger partial charge on any atom is -0.399 e. The summed E-state index contributed by atoms with van der Waals surface area (Å²) in [6, 6.07) is 9.03. The molecule has 0 aliphatic heterocycles. The van der Waals surface area contributed by atoms with Crippen molar-refractivity contribution < 1.29 is 4.79 Å². The van der Waals surface area contributed by atoms with E-state index in [-0.39, 0.29) is 5.91 Å². The summed E-state index contributed by atoms with van der Waals surface area (Å²) in [6.07, 6.45) is 4.26. The second kappa shape index (κ2) is 6.33. The van der Waals surface area contributed by atoms with E-state index in [1.165, 1.54) is 0 Å². The molecule has 2 rings (SSSR count). The maximum absolute atomic E-state index is 11.9. The lowest BCUT2D eigenvalue weighted by molar-refractivity contribution is 0.0954. The Hall–Kier alpha value is -1.88. The van der Waals surface area contributed by atoms with Gasteiger partial charge in [0, 0.05) is 34.7 Å². The van der Waals surface area contributed by atoms with Gasteiger partial charge in [-0.2, -0.15) is 0 Å². The van der Waals surface area contributed by atoms with Crippen molar-refractivity contribution in [1.29, 1.82) is 0 Å². The zero-order valence-electron chi connectivity index (χ0n) is 10.3. The van der Waals surface area contributed by atoms with Crippen molar-refractivity contribution in [2.45, 2.75) is 6.42 Å². The number of nitrogens with zero attached hydrogens (tertiary/aromatic N) is 1. The fourth-order valence-corrected chi connectivity index (χ4v) is 2.23. The molecule has 5 heteroatoms. The van der Waals surface area contributed by atoms with E-state index in [4.69, 9.17) is 5.73 Å². The summed E-state index contributed by atoms with van der Waals surface area (Å²) in [6.45, 7) is 0.579. The minimum absolute atomic E-state index is 0.123. The van der Waals surface area contributed by atoms with E-state index in [1.54, 1.807) is 30.6 Å². The molecule has 1 heterocycles. The number of halogens is 1. The highest BCUT2D eigenvalue weighted by molar-refractivity contribution is 9.10. The van der Waals surface area contributed by atoms with Gasteiger partial charge in [-0.1, -0.05) is 15.9 Å². The predicted molar refractivity (Wildman–Crippen MR) is 78.8 cm³/mol. The Bertz CT molecular complexity index is 552. The van der Waals surface area contributed by atoms with Crippen LogP contribution >= 0.6 is 15.9 Å². The number of rotatable bonds is 4. The first-order valence-electron chi connectivity index (χ1n) is 5.88. The molecule has 1 aromatic carbocycles. The first kappa shape index (κ1) is 13.5. The van der Waals surface area contributed by atoms with Crippen LogP contribution in [0.4, 0.5) is 5.69 Å². The molecule has 3 N–H and O–H groups in total.